The van der Waals surface area contributed by atoms with Gasteiger partial charge in [0.25, 0.3) is 0 Å². The summed E-state index contributed by atoms with van der Waals surface area (Å²) in [4.78, 5) is 41.3. The molecule has 0 amide bonds. The zero-order chi connectivity index (χ0) is 27.6. The lowest BCUT2D eigenvalue weighted by Gasteiger charge is -2.16. The number of anilines is 2. The maximum absolute atomic E-state index is 13.4. The van der Waals surface area contributed by atoms with Gasteiger partial charge in [0.15, 0.2) is 0 Å². The molecule has 8 nitrogen and oxygen atoms in total. The number of furan rings is 1. The number of benzene rings is 2. The van der Waals surface area contributed by atoms with Crippen LogP contribution in [-0.2, 0) is 24.3 Å². The van der Waals surface area contributed by atoms with Gasteiger partial charge in [-0.3, -0.25) is 9.36 Å². The number of aryl methyl sites for hydroxylation is 2. The van der Waals surface area contributed by atoms with Crippen molar-refractivity contribution >= 4 is 40.0 Å². The molecule has 4 aromatic rings. The van der Waals surface area contributed by atoms with Crippen LogP contribution >= 0.6 is 11.6 Å². The molecule has 0 radical (unpaired) electrons. The highest BCUT2D eigenvalue weighted by Crippen LogP contribution is 2.29. The second kappa shape index (κ2) is 10.9. The summed E-state index contributed by atoms with van der Waals surface area (Å²) in [5.41, 5.74) is 1.16. The van der Waals surface area contributed by atoms with E-state index in [0.29, 0.717) is 21.9 Å². The third kappa shape index (κ3) is 5.83. The van der Waals surface area contributed by atoms with E-state index in [9.17, 15) is 27.6 Å². The zero-order valence-corrected chi connectivity index (χ0v) is 21.3. The fourth-order valence-corrected chi connectivity index (χ4v) is 4.21. The first kappa shape index (κ1) is 27.2. The predicted octanol–water partition coefficient (Wildman–Crippen LogP) is 5.38. The molecule has 0 aliphatic carbocycles. The number of hydrogen-bond donors (Lipinski definition) is 1. The van der Waals surface area contributed by atoms with Gasteiger partial charge in [0.05, 0.1) is 6.54 Å². The van der Waals surface area contributed by atoms with E-state index in [1.165, 1.54) is 4.57 Å². The second-order valence-corrected chi connectivity index (χ2v) is 9.17. The van der Waals surface area contributed by atoms with Crippen molar-refractivity contribution in [1.82, 2.24) is 14.1 Å². The molecule has 2 aromatic carbocycles. The van der Waals surface area contributed by atoms with E-state index in [0.717, 1.165) is 27.7 Å². The smallest absolute Gasteiger partial charge is 0.449 e. The molecule has 12 heteroatoms. The number of alkyl halides is 3. The summed E-state index contributed by atoms with van der Waals surface area (Å²) >= 11 is 5.96. The number of rotatable bonds is 9. The number of hydrogen-bond acceptors (Lipinski definition) is 6. The highest BCUT2D eigenvalue weighted by atomic mass is 35.5. The van der Waals surface area contributed by atoms with Crippen molar-refractivity contribution in [2.24, 2.45) is 0 Å². The molecule has 200 valence electrons. The summed E-state index contributed by atoms with van der Waals surface area (Å²) in [5.74, 6) is -1.12. The van der Waals surface area contributed by atoms with Crippen molar-refractivity contribution in [2.45, 2.75) is 52.4 Å². The average molecular weight is 549 g/mol. The van der Waals surface area contributed by atoms with Gasteiger partial charge in [-0.1, -0.05) is 30.7 Å². The van der Waals surface area contributed by atoms with Gasteiger partial charge in [0.1, 0.15) is 11.3 Å². The number of fused-ring (bicyclic) bond motifs is 1. The number of carbonyl (C=O) groups excluding carboxylic acids is 1. The Morgan fingerprint density at radius 1 is 1.11 bits per heavy atom. The molecule has 1 N–H and O–H groups in total. The van der Waals surface area contributed by atoms with Gasteiger partial charge in [0.2, 0.25) is 11.7 Å². The molecule has 0 aliphatic heterocycles. The number of carbonyl (C=O) groups is 1. The van der Waals surface area contributed by atoms with Gasteiger partial charge in [-0.25, -0.2) is 14.2 Å². The number of Topliss-reactive ketones (excluding diaryl/α,β-unsaturated/α-hetero) is 1. The SMILES string of the molecule is CCc1oc2ccc(Nc3nc(=O)n(CCCC(=O)C(F)(F)F)c(=O)n3Cc3ccc(Cl)cc3)cc2c1C. The monoisotopic (exact) mass is 548 g/mol. The Hall–Kier alpha value is -3.86. The van der Waals surface area contributed by atoms with Crippen molar-refractivity contribution in [1.29, 1.82) is 0 Å². The largest absolute Gasteiger partial charge is 0.461 e. The Morgan fingerprint density at radius 3 is 2.47 bits per heavy atom. The van der Waals surface area contributed by atoms with Crippen molar-refractivity contribution in [3.05, 3.63) is 85.3 Å². The fraction of sp³-hybridized carbons (Fsp3) is 0.308. The molecule has 0 fully saturated rings. The van der Waals surface area contributed by atoms with Crippen LogP contribution in [0.2, 0.25) is 5.02 Å². The van der Waals surface area contributed by atoms with Crippen LogP contribution < -0.4 is 16.7 Å². The van der Waals surface area contributed by atoms with Crippen LogP contribution in [-0.4, -0.2) is 26.1 Å². The van der Waals surface area contributed by atoms with Crippen LogP contribution in [0.3, 0.4) is 0 Å². The minimum Gasteiger partial charge on any atom is -0.461 e. The molecule has 2 aromatic heterocycles. The Morgan fingerprint density at radius 2 is 1.82 bits per heavy atom. The molecule has 38 heavy (non-hydrogen) atoms. The van der Waals surface area contributed by atoms with Crippen LogP contribution in [0.1, 0.15) is 36.7 Å². The Balaban J connectivity index is 1.71. The topological polar surface area (TPSA) is 99.1 Å². The lowest BCUT2D eigenvalue weighted by Crippen LogP contribution is -2.43. The van der Waals surface area contributed by atoms with Crippen molar-refractivity contribution in [2.75, 3.05) is 5.32 Å². The van der Waals surface area contributed by atoms with Gasteiger partial charge >= 0.3 is 17.6 Å². The molecule has 0 aliphatic rings. The first-order valence-corrected chi connectivity index (χ1v) is 12.2. The van der Waals surface area contributed by atoms with E-state index in [-0.39, 0.29) is 18.9 Å². The number of ketones is 1. The lowest BCUT2D eigenvalue weighted by molar-refractivity contribution is -0.171. The van der Waals surface area contributed by atoms with Crippen molar-refractivity contribution in [3.63, 3.8) is 0 Å². The summed E-state index contributed by atoms with van der Waals surface area (Å²) in [6.45, 7) is 3.53. The van der Waals surface area contributed by atoms with Crippen LogP contribution in [0, 0.1) is 6.92 Å². The van der Waals surface area contributed by atoms with Gasteiger partial charge in [-0.15, -0.1) is 0 Å². The fourth-order valence-electron chi connectivity index (χ4n) is 4.09. The summed E-state index contributed by atoms with van der Waals surface area (Å²) in [6, 6.07) is 12.0. The molecule has 0 saturated carbocycles. The third-order valence-corrected chi connectivity index (χ3v) is 6.37. The minimum atomic E-state index is -4.97. The molecular formula is C26H24ClF3N4O4. The summed E-state index contributed by atoms with van der Waals surface area (Å²) in [6.07, 6.45) is -5.45. The second-order valence-electron chi connectivity index (χ2n) is 8.73. The predicted molar refractivity (Wildman–Crippen MR) is 137 cm³/mol. The third-order valence-electron chi connectivity index (χ3n) is 6.12. The summed E-state index contributed by atoms with van der Waals surface area (Å²) in [7, 11) is 0. The van der Waals surface area contributed by atoms with E-state index in [1.54, 1.807) is 36.4 Å². The Bertz CT molecular complexity index is 1600. The zero-order valence-electron chi connectivity index (χ0n) is 20.6. The number of aromatic nitrogens is 3. The molecule has 0 saturated heterocycles. The molecule has 2 heterocycles. The molecule has 0 atom stereocenters. The van der Waals surface area contributed by atoms with Crippen LogP contribution in [0.4, 0.5) is 24.8 Å². The standard InChI is InChI=1S/C26H24ClF3N4O4/c1-3-20-15(2)19-13-18(10-11-21(19)38-20)31-23-32-24(36)33(12-4-5-22(35)26(28,29)30)25(37)34(23)14-16-6-8-17(27)9-7-16/h6-11,13H,3-5,12,14H2,1-2H3,(H,31,32,36). The van der Waals surface area contributed by atoms with E-state index in [2.05, 4.69) is 10.3 Å². The van der Waals surface area contributed by atoms with Gasteiger partial charge in [-0.05, 0) is 54.8 Å². The highest BCUT2D eigenvalue weighted by Gasteiger charge is 2.37. The van der Waals surface area contributed by atoms with E-state index < -0.39 is 36.3 Å². The highest BCUT2D eigenvalue weighted by molar-refractivity contribution is 6.30. The van der Waals surface area contributed by atoms with Crippen molar-refractivity contribution < 1.29 is 22.4 Å². The van der Waals surface area contributed by atoms with Gasteiger partial charge in [-0.2, -0.15) is 18.2 Å². The van der Waals surface area contributed by atoms with E-state index in [4.69, 9.17) is 16.0 Å². The lowest BCUT2D eigenvalue weighted by atomic mass is 10.1. The molecule has 4 rings (SSSR count). The average Bonchev–Trinajstić information content (AvgIpc) is 3.19. The Kier molecular flexibility index (Phi) is 7.77. The molecule has 0 bridgehead atoms. The van der Waals surface area contributed by atoms with Crippen LogP contribution in [0.5, 0.6) is 0 Å². The maximum atomic E-state index is 13.4. The van der Waals surface area contributed by atoms with Gasteiger partial charge in [0, 0.05) is 35.5 Å². The quantitative estimate of drug-likeness (QED) is 0.301. The van der Waals surface area contributed by atoms with Crippen molar-refractivity contribution in [3.8, 4) is 0 Å². The first-order valence-electron chi connectivity index (χ1n) is 11.8. The normalized spacial score (nSPS) is 11.7. The molecule has 0 spiro atoms. The maximum Gasteiger partial charge on any atom is 0.449 e. The van der Waals surface area contributed by atoms with E-state index >= 15 is 0 Å². The van der Waals surface area contributed by atoms with E-state index in [1.807, 2.05) is 19.9 Å². The first-order chi connectivity index (χ1) is 18.0. The number of nitrogens with one attached hydrogen (secondary N) is 1. The summed E-state index contributed by atoms with van der Waals surface area (Å²) < 4.78 is 45.4. The molecular weight excluding hydrogens is 525 g/mol. The molecule has 0 unspecified atom stereocenters. The number of nitrogens with zero attached hydrogens (tertiary/aromatic N) is 3. The van der Waals surface area contributed by atoms with Gasteiger partial charge < -0.3 is 9.73 Å². The minimum absolute atomic E-state index is 0.0000620. The number of halogens is 4. The Labute approximate surface area is 219 Å². The van der Waals surface area contributed by atoms with Crippen LogP contribution in [0.25, 0.3) is 11.0 Å². The van der Waals surface area contributed by atoms with Crippen LogP contribution in [0.15, 0.2) is 56.5 Å². The summed E-state index contributed by atoms with van der Waals surface area (Å²) in [5, 5.41) is 4.38.